The number of esters is 1. The van der Waals surface area contributed by atoms with E-state index in [2.05, 4.69) is 10.6 Å². The predicted molar refractivity (Wildman–Crippen MR) is 107 cm³/mol. The number of benzene rings is 2. The molecule has 0 atom stereocenters. The molecule has 0 fully saturated rings. The van der Waals surface area contributed by atoms with Crippen molar-refractivity contribution in [2.45, 2.75) is 12.8 Å². The van der Waals surface area contributed by atoms with Crippen molar-refractivity contribution in [1.29, 1.82) is 0 Å². The van der Waals surface area contributed by atoms with Crippen LogP contribution in [0, 0.1) is 0 Å². The highest BCUT2D eigenvalue weighted by molar-refractivity contribution is 6.35. The molecule has 0 aromatic heterocycles. The first kappa shape index (κ1) is 21.5. The molecule has 0 heterocycles. The Morgan fingerprint density at radius 2 is 1.64 bits per heavy atom. The molecule has 28 heavy (non-hydrogen) atoms. The van der Waals surface area contributed by atoms with Gasteiger partial charge in [0.25, 0.3) is 5.91 Å². The van der Waals surface area contributed by atoms with Gasteiger partial charge in [0.15, 0.2) is 6.61 Å². The average molecular weight is 425 g/mol. The summed E-state index contributed by atoms with van der Waals surface area (Å²) < 4.78 is 9.88. The van der Waals surface area contributed by atoms with E-state index < -0.39 is 24.4 Å². The lowest BCUT2D eigenvalue weighted by molar-refractivity contribution is -0.147. The molecule has 0 radical (unpaired) electrons. The summed E-state index contributed by atoms with van der Waals surface area (Å²) >= 11 is 11.8. The van der Waals surface area contributed by atoms with Crippen LogP contribution in [-0.2, 0) is 19.1 Å². The number of amides is 2. The SMILES string of the molecule is COc1ccc(NC(=O)COC(=O)CCC(=O)Nc2cc(Cl)ccc2Cl)cc1. The first-order valence-electron chi connectivity index (χ1n) is 8.22. The maximum Gasteiger partial charge on any atom is 0.306 e. The number of carbonyl (C=O) groups is 3. The molecule has 0 aliphatic rings. The van der Waals surface area contributed by atoms with Gasteiger partial charge in [0.1, 0.15) is 5.75 Å². The first-order valence-corrected chi connectivity index (χ1v) is 8.97. The summed E-state index contributed by atoms with van der Waals surface area (Å²) in [4.78, 5) is 35.4. The summed E-state index contributed by atoms with van der Waals surface area (Å²) in [7, 11) is 1.54. The van der Waals surface area contributed by atoms with Crippen LogP contribution in [0.2, 0.25) is 10.0 Å². The second-order valence-corrected chi connectivity index (χ2v) is 6.45. The number of halogens is 2. The van der Waals surface area contributed by atoms with Crippen molar-refractivity contribution in [2.75, 3.05) is 24.4 Å². The monoisotopic (exact) mass is 424 g/mol. The molecule has 2 aromatic carbocycles. The second-order valence-electron chi connectivity index (χ2n) is 5.61. The van der Waals surface area contributed by atoms with E-state index in [4.69, 9.17) is 32.7 Å². The molecule has 148 valence electrons. The smallest absolute Gasteiger partial charge is 0.306 e. The van der Waals surface area contributed by atoms with E-state index in [1.807, 2.05) is 0 Å². The molecule has 9 heteroatoms. The van der Waals surface area contributed by atoms with Gasteiger partial charge in [-0.05, 0) is 42.5 Å². The number of hydrogen-bond donors (Lipinski definition) is 2. The van der Waals surface area contributed by atoms with Gasteiger partial charge >= 0.3 is 5.97 Å². The van der Waals surface area contributed by atoms with Crippen LogP contribution in [0.4, 0.5) is 11.4 Å². The number of methoxy groups -OCH3 is 1. The first-order chi connectivity index (χ1) is 13.4. The Morgan fingerprint density at radius 1 is 0.929 bits per heavy atom. The molecule has 7 nitrogen and oxygen atoms in total. The molecule has 0 bridgehead atoms. The van der Waals surface area contributed by atoms with Crippen LogP contribution < -0.4 is 15.4 Å². The third-order valence-electron chi connectivity index (χ3n) is 3.50. The van der Waals surface area contributed by atoms with Gasteiger partial charge in [0.05, 0.1) is 24.2 Å². The molecular weight excluding hydrogens is 407 g/mol. The average Bonchev–Trinajstić information content (AvgIpc) is 2.68. The lowest BCUT2D eigenvalue weighted by Gasteiger charge is -2.08. The maximum atomic E-state index is 11.9. The fourth-order valence-electron chi connectivity index (χ4n) is 2.11. The van der Waals surface area contributed by atoms with E-state index in [1.165, 1.54) is 13.2 Å². The van der Waals surface area contributed by atoms with E-state index in [1.54, 1.807) is 36.4 Å². The fourth-order valence-corrected chi connectivity index (χ4v) is 2.45. The van der Waals surface area contributed by atoms with E-state index in [0.29, 0.717) is 27.2 Å². The van der Waals surface area contributed by atoms with E-state index >= 15 is 0 Å². The van der Waals surface area contributed by atoms with Crippen molar-refractivity contribution in [3.63, 3.8) is 0 Å². The normalized spacial score (nSPS) is 10.1. The minimum Gasteiger partial charge on any atom is -0.497 e. The Balaban J connectivity index is 1.70. The zero-order valence-corrected chi connectivity index (χ0v) is 16.5. The summed E-state index contributed by atoms with van der Waals surface area (Å²) in [6.07, 6.45) is -0.304. The van der Waals surface area contributed by atoms with Gasteiger partial charge in [-0.1, -0.05) is 23.2 Å². The van der Waals surface area contributed by atoms with E-state index in [9.17, 15) is 14.4 Å². The van der Waals surface area contributed by atoms with Crippen molar-refractivity contribution in [1.82, 2.24) is 0 Å². The summed E-state index contributed by atoms with van der Waals surface area (Å²) in [5, 5.41) is 5.89. The molecule has 2 N–H and O–H groups in total. The van der Waals surface area contributed by atoms with Gasteiger partial charge < -0.3 is 20.1 Å². The van der Waals surface area contributed by atoms with Gasteiger partial charge in [0.2, 0.25) is 5.91 Å². The molecule has 0 unspecified atom stereocenters. The Hall–Kier alpha value is -2.77. The molecule has 2 rings (SSSR count). The van der Waals surface area contributed by atoms with E-state index in [-0.39, 0.29) is 12.8 Å². The van der Waals surface area contributed by atoms with Gasteiger partial charge in [-0.2, -0.15) is 0 Å². The molecule has 0 spiro atoms. The Morgan fingerprint density at radius 3 is 2.32 bits per heavy atom. The fraction of sp³-hybridized carbons (Fsp3) is 0.211. The van der Waals surface area contributed by atoms with Crippen LogP contribution in [0.25, 0.3) is 0 Å². The zero-order valence-electron chi connectivity index (χ0n) is 15.0. The minimum atomic E-state index is -0.669. The number of nitrogens with one attached hydrogen (secondary N) is 2. The highest BCUT2D eigenvalue weighted by atomic mass is 35.5. The summed E-state index contributed by atoms with van der Waals surface area (Å²) in [5.74, 6) is -0.934. The van der Waals surface area contributed by atoms with Crippen LogP contribution in [0.15, 0.2) is 42.5 Å². The maximum absolute atomic E-state index is 11.9. The van der Waals surface area contributed by atoms with Crippen molar-refractivity contribution in [3.05, 3.63) is 52.5 Å². The highest BCUT2D eigenvalue weighted by Crippen LogP contribution is 2.25. The quantitative estimate of drug-likeness (QED) is 0.626. The lowest BCUT2D eigenvalue weighted by atomic mass is 10.2. The summed E-state index contributed by atoms with van der Waals surface area (Å²) in [6.45, 7) is -0.452. The van der Waals surface area contributed by atoms with Crippen molar-refractivity contribution >= 4 is 52.4 Å². The Labute approximate surface area is 171 Å². The number of ether oxygens (including phenoxy) is 2. The molecular formula is C19H18Cl2N2O5. The van der Waals surface area contributed by atoms with Gasteiger partial charge in [-0.25, -0.2) is 0 Å². The standard InChI is InChI=1S/C19H18Cl2N2O5/c1-27-14-5-3-13(4-6-14)22-18(25)11-28-19(26)9-8-17(24)23-16-10-12(20)2-7-15(16)21/h2-7,10H,8-9,11H2,1H3,(H,22,25)(H,23,24). The van der Waals surface area contributed by atoms with Gasteiger partial charge in [-0.3, -0.25) is 14.4 Å². The second kappa shape index (κ2) is 10.5. The van der Waals surface area contributed by atoms with E-state index in [0.717, 1.165) is 0 Å². The predicted octanol–water partition coefficient (Wildman–Crippen LogP) is 3.90. The van der Waals surface area contributed by atoms with Crippen molar-refractivity contribution in [3.8, 4) is 5.75 Å². The number of anilines is 2. The number of hydrogen-bond acceptors (Lipinski definition) is 5. The number of carbonyl (C=O) groups excluding carboxylic acids is 3. The van der Waals surface area contributed by atoms with Crippen LogP contribution >= 0.6 is 23.2 Å². The Kier molecular flexibility index (Phi) is 8.10. The Bertz CT molecular complexity index is 856. The largest absolute Gasteiger partial charge is 0.497 e. The molecule has 0 saturated heterocycles. The highest BCUT2D eigenvalue weighted by Gasteiger charge is 2.12. The minimum absolute atomic E-state index is 0.123. The summed E-state index contributed by atoms with van der Waals surface area (Å²) in [6, 6.07) is 11.3. The van der Waals surface area contributed by atoms with Gasteiger partial charge in [0, 0.05) is 17.1 Å². The van der Waals surface area contributed by atoms with Crippen molar-refractivity contribution < 1.29 is 23.9 Å². The molecule has 0 saturated carbocycles. The number of rotatable bonds is 8. The van der Waals surface area contributed by atoms with Crippen LogP contribution in [0.5, 0.6) is 5.75 Å². The third-order valence-corrected chi connectivity index (χ3v) is 4.06. The topological polar surface area (TPSA) is 93.7 Å². The van der Waals surface area contributed by atoms with Crippen molar-refractivity contribution in [2.24, 2.45) is 0 Å². The van der Waals surface area contributed by atoms with Gasteiger partial charge in [-0.15, -0.1) is 0 Å². The molecule has 0 aliphatic carbocycles. The molecule has 2 amide bonds. The summed E-state index contributed by atoms with van der Waals surface area (Å²) in [5.41, 5.74) is 0.894. The third kappa shape index (κ3) is 7.09. The molecule has 0 aliphatic heterocycles. The van der Waals surface area contributed by atoms with Crippen LogP contribution in [0.1, 0.15) is 12.8 Å². The van der Waals surface area contributed by atoms with Crippen LogP contribution in [-0.4, -0.2) is 31.5 Å². The molecule has 2 aromatic rings. The lowest BCUT2D eigenvalue weighted by Crippen LogP contribution is -2.21. The zero-order chi connectivity index (χ0) is 20.5. The van der Waals surface area contributed by atoms with Crippen LogP contribution in [0.3, 0.4) is 0 Å².